The van der Waals surface area contributed by atoms with Gasteiger partial charge in [-0.2, -0.15) is 5.10 Å². The molecule has 1 heterocycles. The van der Waals surface area contributed by atoms with Crippen molar-refractivity contribution < 1.29 is 13.6 Å². The minimum atomic E-state index is -0.771. The first-order chi connectivity index (χ1) is 8.06. The van der Waals surface area contributed by atoms with E-state index in [9.17, 15) is 13.6 Å². The van der Waals surface area contributed by atoms with Crippen LogP contribution in [0, 0.1) is 11.6 Å². The second-order valence-corrected chi connectivity index (χ2v) is 3.48. The number of nitrogens with one attached hydrogen (secondary N) is 1. The molecule has 0 saturated carbocycles. The van der Waals surface area contributed by atoms with Crippen LogP contribution >= 0.6 is 0 Å². The molecule has 0 aliphatic carbocycles. The Hall–Kier alpha value is -2.24. The summed E-state index contributed by atoms with van der Waals surface area (Å²) < 4.78 is 27.7. The van der Waals surface area contributed by atoms with Crippen LogP contribution < -0.4 is 5.32 Å². The zero-order chi connectivity index (χ0) is 12.4. The quantitative estimate of drug-likeness (QED) is 0.867. The Balaban J connectivity index is 2.22. The van der Waals surface area contributed by atoms with E-state index in [2.05, 4.69) is 10.4 Å². The predicted octanol–water partition coefficient (Wildman–Crippen LogP) is 1.95. The van der Waals surface area contributed by atoms with Crippen LogP contribution in [-0.2, 0) is 7.05 Å². The number of benzene rings is 1. The van der Waals surface area contributed by atoms with Crippen molar-refractivity contribution in [1.82, 2.24) is 9.78 Å². The van der Waals surface area contributed by atoms with Crippen molar-refractivity contribution in [3.8, 4) is 0 Å². The zero-order valence-corrected chi connectivity index (χ0v) is 8.95. The molecule has 0 atom stereocenters. The van der Waals surface area contributed by atoms with Crippen LogP contribution in [0.15, 0.2) is 30.6 Å². The van der Waals surface area contributed by atoms with Gasteiger partial charge in [0.05, 0.1) is 17.4 Å². The third-order valence-electron chi connectivity index (χ3n) is 2.14. The Kier molecular flexibility index (Phi) is 2.86. The number of carbonyl (C=O) groups excluding carboxylic acids is 1. The third kappa shape index (κ3) is 2.47. The molecule has 6 heteroatoms. The number of anilines is 1. The third-order valence-corrected chi connectivity index (χ3v) is 2.14. The standard InChI is InChI=1S/C11H9F2N3O/c1-16-6-8(5-14-16)15-11(17)9-4-7(12)2-3-10(9)13/h2-6H,1H3,(H,15,17). The first kappa shape index (κ1) is 11.3. The van der Waals surface area contributed by atoms with Gasteiger partial charge in [-0.1, -0.05) is 0 Å². The molecule has 0 radical (unpaired) electrons. The van der Waals surface area contributed by atoms with Gasteiger partial charge in [0.1, 0.15) is 11.6 Å². The van der Waals surface area contributed by atoms with Crippen molar-refractivity contribution >= 4 is 11.6 Å². The monoisotopic (exact) mass is 237 g/mol. The second-order valence-electron chi connectivity index (χ2n) is 3.48. The van der Waals surface area contributed by atoms with E-state index in [1.165, 1.54) is 10.9 Å². The first-order valence-corrected chi connectivity index (χ1v) is 4.81. The Labute approximate surface area is 95.9 Å². The Morgan fingerprint density at radius 3 is 2.82 bits per heavy atom. The number of halogens is 2. The molecule has 1 N–H and O–H groups in total. The molecule has 2 aromatic rings. The highest BCUT2D eigenvalue weighted by atomic mass is 19.1. The zero-order valence-electron chi connectivity index (χ0n) is 8.95. The lowest BCUT2D eigenvalue weighted by Crippen LogP contribution is -2.13. The molecule has 0 spiro atoms. The summed E-state index contributed by atoms with van der Waals surface area (Å²) in [7, 11) is 1.68. The summed E-state index contributed by atoms with van der Waals surface area (Å²) in [6, 6.07) is 2.71. The topological polar surface area (TPSA) is 46.9 Å². The minimum Gasteiger partial charge on any atom is -0.319 e. The second kappa shape index (κ2) is 4.32. The maximum atomic E-state index is 13.3. The molecule has 0 fully saturated rings. The van der Waals surface area contributed by atoms with E-state index >= 15 is 0 Å². The minimum absolute atomic E-state index is 0.339. The molecule has 0 bridgehead atoms. The Bertz CT molecular complexity index is 566. The number of amides is 1. The summed E-state index contributed by atoms with van der Waals surface area (Å²) in [5, 5.41) is 6.26. The average molecular weight is 237 g/mol. The van der Waals surface area contributed by atoms with Crippen molar-refractivity contribution in [1.29, 1.82) is 0 Å². The van der Waals surface area contributed by atoms with Crippen molar-refractivity contribution in [2.24, 2.45) is 7.05 Å². The van der Waals surface area contributed by atoms with Gasteiger partial charge in [0.2, 0.25) is 0 Å². The smallest absolute Gasteiger partial charge is 0.258 e. The summed E-state index contributed by atoms with van der Waals surface area (Å²) in [6.45, 7) is 0. The maximum absolute atomic E-state index is 13.3. The lowest BCUT2D eigenvalue weighted by Gasteiger charge is -2.03. The molecule has 0 unspecified atom stereocenters. The van der Waals surface area contributed by atoms with Gasteiger partial charge in [0.15, 0.2) is 0 Å². The van der Waals surface area contributed by atoms with E-state index in [0.717, 1.165) is 18.2 Å². The molecule has 4 nitrogen and oxygen atoms in total. The van der Waals surface area contributed by atoms with Gasteiger partial charge in [-0.05, 0) is 18.2 Å². The molecule has 2 rings (SSSR count). The van der Waals surface area contributed by atoms with Gasteiger partial charge in [-0.15, -0.1) is 0 Å². The number of carbonyl (C=O) groups is 1. The fourth-order valence-electron chi connectivity index (χ4n) is 1.36. The summed E-state index contributed by atoms with van der Waals surface area (Å²) in [5.41, 5.74) is 0.0787. The van der Waals surface area contributed by atoms with Crippen molar-refractivity contribution in [3.05, 3.63) is 47.8 Å². The van der Waals surface area contributed by atoms with Crippen LogP contribution in [0.25, 0.3) is 0 Å². The Morgan fingerprint density at radius 1 is 1.41 bits per heavy atom. The molecular weight excluding hydrogens is 228 g/mol. The lowest BCUT2D eigenvalue weighted by atomic mass is 10.2. The fraction of sp³-hybridized carbons (Fsp3) is 0.0909. The molecule has 1 aromatic heterocycles. The molecule has 17 heavy (non-hydrogen) atoms. The molecule has 88 valence electrons. The van der Waals surface area contributed by atoms with Crippen LogP contribution in [0.2, 0.25) is 0 Å². The largest absolute Gasteiger partial charge is 0.319 e. The first-order valence-electron chi connectivity index (χ1n) is 4.81. The molecular formula is C11H9F2N3O. The van der Waals surface area contributed by atoms with Crippen molar-refractivity contribution in [2.45, 2.75) is 0 Å². The summed E-state index contributed by atoms with van der Waals surface area (Å²) in [4.78, 5) is 11.6. The summed E-state index contributed by atoms with van der Waals surface area (Å²) in [6.07, 6.45) is 2.96. The van der Waals surface area contributed by atoms with Gasteiger partial charge in [0.25, 0.3) is 5.91 Å². The van der Waals surface area contributed by atoms with Crippen LogP contribution in [0.5, 0.6) is 0 Å². The molecule has 0 saturated heterocycles. The van der Waals surface area contributed by atoms with Gasteiger partial charge in [0, 0.05) is 13.2 Å². The lowest BCUT2D eigenvalue weighted by molar-refractivity contribution is 0.102. The van der Waals surface area contributed by atoms with Crippen molar-refractivity contribution in [2.75, 3.05) is 5.32 Å². The van der Waals surface area contributed by atoms with Gasteiger partial charge in [-0.25, -0.2) is 8.78 Å². The van der Waals surface area contributed by atoms with E-state index in [4.69, 9.17) is 0 Å². The van der Waals surface area contributed by atoms with Crippen LogP contribution in [0.4, 0.5) is 14.5 Å². The van der Waals surface area contributed by atoms with Crippen LogP contribution in [0.3, 0.4) is 0 Å². The fourth-order valence-corrected chi connectivity index (χ4v) is 1.36. The average Bonchev–Trinajstić information content (AvgIpc) is 2.67. The molecule has 1 aromatic carbocycles. The van der Waals surface area contributed by atoms with Crippen LogP contribution in [-0.4, -0.2) is 15.7 Å². The number of rotatable bonds is 2. The highest BCUT2D eigenvalue weighted by Crippen LogP contribution is 2.12. The van der Waals surface area contributed by atoms with Gasteiger partial charge < -0.3 is 5.32 Å². The Morgan fingerprint density at radius 2 is 2.18 bits per heavy atom. The number of nitrogens with zero attached hydrogens (tertiary/aromatic N) is 2. The van der Waals surface area contributed by atoms with Gasteiger partial charge in [-0.3, -0.25) is 9.48 Å². The maximum Gasteiger partial charge on any atom is 0.258 e. The summed E-state index contributed by atoms with van der Waals surface area (Å²) >= 11 is 0. The van der Waals surface area contributed by atoms with E-state index in [0.29, 0.717) is 5.69 Å². The number of hydrogen-bond donors (Lipinski definition) is 1. The van der Waals surface area contributed by atoms with Gasteiger partial charge >= 0.3 is 0 Å². The van der Waals surface area contributed by atoms with E-state index < -0.39 is 17.5 Å². The number of aromatic nitrogens is 2. The van der Waals surface area contributed by atoms with Crippen LogP contribution in [0.1, 0.15) is 10.4 Å². The molecule has 1 amide bonds. The van der Waals surface area contributed by atoms with E-state index in [1.54, 1.807) is 13.2 Å². The molecule has 0 aliphatic rings. The summed E-state index contributed by atoms with van der Waals surface area (Å²) in [5.74, 6) is -2.15. The predicted molar refractivity (Wildman–Crippen MR) is 57.5 cm³/mol. The number of aryl methyl sites for hydroxylation is 1. The van der Waals surface area contributed by atoms with Crippen molar-refractivity contribution in [3.63, 3.8) is 0 Å². The molecule has 0 aliphatic heterocycles. The van der Waals surface area contributed by atoms with E-state index in [-0.39, 0.29) is 5.56 Å². The SMILES string of the molecule is Cn1cc(NC(=O)c2cc(F)ccc2F)cn1. The highest BCUT2D eigenvalue weighted by molar-refractivity contribution is 6.04. The number of hydrogen-bond acceptors (Lipinski definition) is 2. The normalized spacial score (nSPS) is 10.3. The van der Waals surface area contributed by atoms with E-state index in [1.807, 2.05) is 0 Å². The highest BCUT2D eigenvalue weighted by Gasteiger charge is 2.13.